The second-order valence-electron chi connectivity index (χ2n) is 4.44. The lowest BCUT2D eigenvalue weighted by Gasteiger charge is -2.31. The second kappa shape index (κ2) is 6.33. The van der Waals surface area contributed by atoms with E-state index in [-0.39, 0.29) is 5.41 Å². The molecule has 0 N–H and O–H groups in total. The fourth-order valence-corrected chi connectivity index (χ4v) is 2.30. The van der Waals surface area contributed by atoms with Crippen LogP contribution in [0.2, 0.25) is 0 Å². The summed E-state index contributed by atoms with van der Waals surface area (Å²) in [7, 11) is 0. The molecule has 0 aliphatic heterocycles. The molecular weight excluding hydrogens is 194 g/mol. The van der Waals surface area contributed by atoms with Crippen LogP contribution in [0, 0.1) is 11.3 Å². The highest BCUT2D eigenvalue weighted by Crippen LogP contribution is 2.36. The largest absolute Gasteiger partial charge is 0.198 e. The molecule has 0 bridgehead atoms. The van der Waals surface area contributed by atoms with Crippen molar-refractivity contribution in [3.05, 3.63) is 35.9 Å². The molecule has 0 spiro atoms. The van der Waals surface area contributed by atoms with E-state index in [9.17, 15) is 0 Å². The molecule has 0 saturated heterocycles. The van der Waals surface area contributed by atoms with Crippen molar-refractivity contribution in [2.24, 2.45) is 0 Å². The monoisotopic (exact) mass is 215 g/mol. The summed E-state index contributed by atoms with van der Waals surface area (Å²) in [5, 5.41) is 9.04. The average Bonchev–Trinajstić information content (AvgIpc) is 2.36. The van der Waals surface area contributed by atoms with Gasteiger partial charge < -0.3 is 0 Å². The van der Waals surface area contributed by atoms with E-state index in [2.05, 4.69) is 44.2 Å². The van der Waals surface area contributed by atoms with Crippen LogP contribution < -0.4 is 0 Å². The first-order chi connectivity index (χ1) is 7.79. The summed E-state index contributed by atoms with van der Waals surface area (Å²) in [4.78, 5) is 0. The summed E-state index contributed by atoms with van der Waals surface area (Å²) < 4.78 is 0. The van der Waals surface area contributed by atoms with E-state index in [1.807, 2.05) is 6.07 Å². The number of nitriles is 1. The van der Waals surface area contributed by atoms with Crippen molar-refractivity contribution < 1.29 is 0 Å². The van der Waals surface area contributed by atoms with Crippen LogP contribution in [-0.4, -0.2) is 0 Å². The van der Waals surface area contributed by atoms with Gasteiger partial charge >= 0.3 is 0 Å². The third-order valence-electron chi connectivity index (χ3n) is 3.49. The Balaban J connectivity index is 2.98. The Bertz CT molecular complexity index is 336. The standard InChI is InChI=1S/C15H21N/c1-3-5-11-15(4-2,12-13-16)14-9-7-6-8-10-14/h6-10H,3-5,11-12H2,1-2H3/t15-/m0/s1. The normalized spacial score (nSPS) is 14.1. The molecule has 0 fully saturated rings. The number of benzene rings is 1. The van der Waals surface area contributed by atoms with E-state index in [0.717, 1.165) is 12.8 Å². The molecule has 0 unspecified atom stereocenters. The molecule has 0 amide bonds. The van der Waals surface area contributed by atoms with Crippen LogP contribution in [0.1, 0.15) is 51.5 Å². The van der Waals surface area contributed by atoms with E-state index in [4.69, 9.17) is 5.26 Å². The molecule has 0 aromatic heterocycles. The van der Waals surface area contributed by atoms with Gasteiger partial charge in [0.2, 0.25) is 0 Å². The Morgan fingerprint density at radius 2 is 1.88 bits per heavy atom. The molecule has 0 aliphatic rings. The van der Waals surface area contributed by atoms with Gasteiger partial charge in [-0.05, 0) is 18.4 Å². The maximum atomic E-state index is 9.04. The highest BCUT2D eigenvalue weighted by Gasteiger charge is 2.29. The van der Waals surface area contributed by atoms with E-state index in [0.29, 0.717) is 6.42 Å². The van der Waals surface area contributed by atoms with Crippen molar-refractivity contribution in [3.8, 4) is 6.07 Å². The molecule has 1 atom stereocenters. The van der Waals surface area contributed by atoms with Gasteiger partial charge in [0.25, 0.3) is 0 Å². The number of hydrogen-bond acceptors (Lipinski definition) is 1. The molecule has 0 saturated carbocycles. The molecule has 1 aromatic carbocycles. The fourth-order valence-electron chi connectivity index (χ4n) is 2.30. The molecule has 0 aliphatic carbocycles. The van der Waals surface area contributed by atoms with Gasteiger partial charge in [0.05, 0.1) is 6.07 Å². The Kier molecular flexibility index (Phi) is 5.05. The fraction of sp³-hybridized carbons (Fsp3) is 0.533. The Hall–Kier alpha value is -1.29. The van der Waals surface area contributed by atoms with E-state index in [1.54, 1.807) is 0 Å². The van der Waals surface area contributed by atoms with Crippen molar-refractivity contribution in [2.75, 3.05) is 0 Å². The lowest BCUT2D eigenvalue weighted by atomic mass is 9.72. The van der Waals surface area contributed by atoms with Gasteiger partial charge in [0.15, 0.2) is 0 Å². The Morgan fingerprint density at radius 3 is 2.38 bits per heavy atom. The molecular formula is C15H21N. The smallest absolute Gasteiger partial charge is 0.0631 e. The van der Waals surface area contributed by atoms with Crippen molar-refractivity contribution in [3.63, 3.8) is 0 Å². The zero-order chi connectivity index (χ0) is 11.9. The highest BCUT2D eigenvalue weighted by molar-refractivity contribution is 5.26. The summed E-state index contributed by atoms with van der Waals surface area (Å²) >= 11 is 0. The molecule has 1 aromatic rings. The molecule has 86 valence electrons. The highest BCUT2D eigenvalue weighted by atomic mass is 14.3. The van der Waals surface area contributed by atoms with Crippen LogP contribution in [0.25, 0.3) is 0 Å². The maximum Gasteiger partial charge on any atom is 0.0631 e. The predicted octanol–water partition coefficient (Wildman–Crippen LogP) is 4.44. The average molecular weight is 215 g/mol. The quantitative estimate of drug-likeness (QED) is 0.688. The van der Waals surface area contributed by atoms with Gasteiger partial charge in [-0.1, -0.05) is 57.0 Å². The Labute approximate surface area is 99.1 Å². The van der Waals surface area contributed by atoms with Crippen molar-refractivity contribution in [1.29, 1.82) is 5.26 Å². The zero-order valence-corrected chi connectivity index (χ0v) is 10.4. The Morgan fingerprint density at radius 1 is 1.19 bits per heavy atom. The first kappa shape index (κ1) is 12.8. The van der Waals surface area contributed by atoms with E-state index < -0.39 is 0 Å². The van der Waals surface area contributed by atoms with Crippen molar-refractivity contribution >= 4 is 0 Å². The van der Waals surface area contributed by atoms with Crippen molar-refractivity contribution in [2.45, 2.75) is 51.4 Å². The molecule has 1 heteroatoms. The number of hydrogen-bond donors (Lipinski definition) is 0. The third-order valence-corrected chi connectivity index (χ3v) is 3.49. The van der Waals surface area contributed by atoms with Gasteiger partial charge in [-0.15, -0.1) is 0 Å². The zero-order valence-electron chi connectivity index (χ0n) is 10.4. The van der Waals surface area contributed by atoms with Crippen LogP contribution >= 0.6 is 0 Å². The molecule has 0 radical (unpaired) electrons. The topological polar surface area (TPSA) is 23.8 Å². The van der Waals surface area contributed by atoms with Gasteiger partial charge in [-0.25, -0.2) is 0 Å². The van der Waals surface area contributed by atoms with Gasteiger partial charge in [-0.2, -0.15) is 5.26 Å². The van der Waals surface area contributed by atoms with Crippen LogP contribution in [0.5, 0.6) is 0 Å². The predicted molar refractivity (Wildman–Crippen MR) is 68.2 cm³/mol. The van der Waals surface area contributed by atoms with Gasteiger partial charge in [-0.3, -0.25) is 0 Å². The van der Waals surface area contributed by atoms with Crippen LogP contribution in [-0.2, 0) is 5.41 Å². The SMILES string of the molecule is CCCC[C@@](CC)(CC#N)c1ccccc1. The lowest BCUT2D eigenvalue weighted by molar-refractivity contribution is 0.373. The summed E-state index contributed by atoms with van der Waals surface area (Å²) in [6.07, 6.45) is 5.19. The van der Waals surface area contributed by atoms with E-state index >= 15 is 0 Å². The summed E-state index contributed by atoms with van der Waals surface area (Å²) in [5.41, 5.74) is 1.40. The minimum Gasteiger partial charge on any atom is -0.198 e. The first-order valence-electron chi connectivity index (χ1n) is 6.21. The summed E-state index contributed by atoms with van der Waals surface area (Å²) in [6, 6.07) is 12.9. The number of nitrogens with zero attached hydrogens (tertiary/aromatic N) is 1. The van der Waals surface area contributed by atoms with Crippen LogP contribution in [0.4, 0.5) is 0 Å². The molecule has 0 heterocycles. The van der Waals surface area contributed by atoms with Gasteiger partial charge in [0, 0.05) is 11.8 Å². The molecule has 16 heavy (non-hydrogen) atoms. The minimum absolute atomic E-state index is 0.0754. The van der Waals surface area contributed by atoms with Crippen molar-refractivity contribution in [1.82, 2.24) is 0 Å². The second-order valence-corrected chi connectivity index (χ2v) is 4.44. The molecule has 1 nitrogen and oxygen atoms in total. The van der Waals surface area contributed by atoms with Gasteiger partial charge in [0.1, 0.15) is 0 Å². The van der Waals surface area contributed by atoms with Crippen LogP contribution in [0.15, 0.2) is 30.3 Å². The van der Waals surface area contributed by atoms with E-state index in [1.165, 1.54) is 18.4 Å². The maximum absolute atomic E-state index is 9.04. The number of rotatable bonds is 6. The van der Waals surface area contributed by atoms with Crippen LogP contribution in [0.3, 0.4) is 0 Å². The molecule has 1 rings (SSSR count). The lowest BCUT2D eigenvalue weighted by Crippen LogP contribution is -2.24. The summed E-state index contributed by atoms with van der Waals surface area (Å²) in [5.74, 6) is 0. The number of unbranched alkanes of at least 4 members (excludes halogenated alkanes) is 1. The first-order valence-corrected chi connectivity index (χ1v) is 6.21. The minimum atomic E-state index is 0.0754. The third kappa shape index (κ3) is 2.85. The summed E-state index contributed by atoms with van der Waals surface area (Å²) in [6.45, 7) is 4.40.